The Kier molecular flexibility index (Phi) is 5.11. The molecule has 0 saturated heterocycles. The van der Waals surface area contributed by atoms with Crippen molar-refractivity contribution in [3.8, 4) is 23.7 Å². The first-order valence-electron chi connectivity index (χ1n) is 5.82. The minimum Gasteiger partial charge on any atom is -0.258 e. The first-order chi connectivity index (χ1) is 8.88. The second kappa shape index (κ2) is 6.58. The van der Waals surface area contributed by atoms with E-state index in [0.29, 0.717) is 5.56 Å². The number of nitro benzene ring substituents is 1. The van der Waals surface area contributed by atoms with Crippen LogP contribution in [0.25, 0.3) is 0 Å². The summed E-state index contributed by atoms with van der Waals surface area (Å²) >= 11 is 0. The Labute approximate surface area is 114 Å². The molecule has 0 aromatic heterocycles. The fraction of sp³-hybridized carbons (Fsp3) is 0.200. The van der Waals surface area contributed by atoms with Crippen LogP contribution in [0.2, 0.25) is 19.6 Å². The molecule has 0 aliphatic rings. The van der Waals surface area contributed by atoms with Gasteiger partial charge in [-0.25, -0.2) is 0 Å². The van der Waals surface area contributed by atoms with Gasteiger partial charge in [-0.2, -0.15) is 0 Å². The summed E-state index contributed by atoms with van der Waals surface area (Å²) in [4.78, 5) is 10.0. The molecule has 19 heavy (non-hydrogen) atoms. The molecule has 1 aromatic carbocycles. The number of benzene rings is 1. The van der Waals surface area contributed by atoms with Gasteiger partial charge >= 0.3 is 0 Å². The van der Waals surface area contributed by atoms with Crippen LogP contribution in [0, 0.1) is 33.8 Å². The summed E-state index contributed by atoms with van der Waals surface area (Å²) in [6.07, 6.45) is 1.84. The van der Waals surface area contributed by atoms with Gasteiger partial charge in [-0.15, -0.1) is 0 Å². The minimum atomic E-state index is -1.19. The molecule has 0 N–H and O–H groups in total. The largest absolute Gasteiger partial charge is 0.269 e. The highest BCUT2D eigenvalue weighted by Crippen LogP contribution is 2.10. The first-order valence-corrected chi connectivity index (χ1v) is 9.40. The van der Waals surface area contributed by atoms with Crippen LogP contribution >= 0.6 is 0 Å². The van der Waals surface area contributed by atoms with E-state index in [1.54, 1.807) is 12.1 Å². The van der Waals surface area contributed by atoms with Gasteiger partial charge in [-0.1, -0.05) is 37.2 Å². The third kappa shape index (κ3) is 6.26. The summed E-state index contributed by atoms with van der Waals surface area (Å²) in [5.41, 5.74) is 2.93. The van der Waals surface area contributed by atoms with E-state index in [-0.39, 0.29) is 5.69 Å². The van der Waals surface area contributed by atoms with Crippen molar-refractivity contribution in [2.75, 3.05) is 0 Å². The van der Waals surface area contributed by atoms with Gasteiger partial charge in [0.05, 0.1) is 13.0 Å². The highest BCUT2D eigenvalue weighted by Gasteiger charge is 2.05. The molecule has 0 saturated carbocycles. The minimum absolute atomic E-state index is 0.0645. The lowest BCUT2D eigenvalue weighted by atomic mass is 10.2. The smallest absolute Gasteiger partial charge is 0.258 e. The van der Waals surface area contributed by atoms with Crippen LogP contribution in [-0.2, 0) is 0 Å². The maximum absolute atomic E-state index is 10.5. The molecular weight excluding hydrogens is 254 g/mol. The molecule has 0 spiro atoms. The quantitative estimate of drug-likeness (QED) is 0.357. The Morgan fingerprint density at radius 1 is 1.16 bits per heavy atom. The van der Waals surface area contributed by atoms with Gasteiger partial charge in [0.2, 0.25) is 0 Å². The van der Waals surface area contributed by atoms with Crippen molar-refractivity contribution in [3.63, 3.8) is 0 Å². The molecule has 0 unspecified atom stereocenters. The predicted molar refractivity (Wildman–Crippen MR) is 80.2 cm³/mol. The van der Waals surface area contributed by atoms with Crippen molar-refractivity contribution in [1.82, 2.24) is 0 Å². The second-order valence-corrected chi connectivity index (χ2v) is 10.1. The van der Waals surface area contributed by atoms with Gasteiger partial charge in [0.25, 0.3) is 5.69 Å². The van der Waals surface area contributed by atoms with Crippen molar-refractivity contribution in [1.29, 1.82) is 0 Å². The Morgan fingerprint density at radius 2 is 1.79 bits per heavy atom. The molecule has 0 aliphatic carbocycles. The van der Waals surface area contributed by atoms with E-state index in [0.717, 1.165) is 0 Å². The standard InChI is InChI=1S/C15H15NO2Si/c1-19(2,3)13-7-5-4-6-8-14-9-11-15(12-10-14)16(17)18/h7,9-13H,1-3H3/b13-7+. The zero-order valence-corrected chi connectivity index (χ0v) is 12.2. The molecule has 0 aliphatic heterocycles. The van der Waals surface area contributed by atoms with E-state index < -0.39 is 13.0 Å². The molecule has 0 atom stereocenters. The molecule has 96 valence electrons. The molecular formula is C15H15NO2Si. The van der Waals surface area contributed by atoms with Crippen LogP contribution in [0.3, 0.4) is 0 Å². The number of non-ortho nitro benzene ring substituents is 1. The van der Waals surface area contributed by atoms with Gasteiger partial charge in [0.1, 0.15) is 0 Å². The molecule has 1 aromatic rings. The second-order valence-electron chi connectivity index (χ2n) is 5.02. The van der Waals surface area contributed by atoms with E-state index >= 15 is 0 Å². The zero-order valence-electron chi connectivity index (χ0n) is 11.2. The predicted octanol–water partition coefficient (Wildman–Crippen LogP) is 3.38. The molecule has 0 heterocycles. The lowest BCUT2D eigenvalue weighted by molar-refractivity contribution is -0.384. The monoisotopic (exact) mass is 269 g/mol. The summed E-state index contributed by atoms with van der Waals surface area (Å²) in [7, 11) is -1.19. The fourth-order valence-electron chi connectivity index (χ4n) is 1.14. The topological polar surface area (TPSA) is 43.1 Å². The van der Waals surface area contributed by atoms with Crippen LogP contribution < -0.4 is 0 Å². The highest BCUT2D eigenvalue weighted by atomic mass is 28.3. The fourth-order valence-corrected chi connectivity index (χ4v) is 1.72. The van der Waals surface area contributed by atoms with Crippen molar-refractivity contribution in [2.45, 2.75) is 19.6 Å². The molecule has 0 amide bonds. The van der Waals surface area contributed by atoms with E-state index in [4.69, 9.17) is 0 Å². The van der Waals surface area contributed by atoms with Crippen LogP contribution in [0.15, 0.2) is 36.0 Å². The Bertz CT molecular complexity index is 602. The lowest BCUT2D eigenvalue weighted by Crippen LogP contribution is -2.14. The summed E-state index contributed by atoms with van der Waals surface area (Å²) < 4.78 is 0. The zero-order chi connectivity index (χ0) is 14.3. The van der Waals surface area contributed by atoms with Crippen LogP contribution in [0.5, 0.6) is 0 Å². The third-order valence-corrected chi connectivity index (χ3v) is 3.25. The van der Waals surface area contributed by atoms with Gasteiger partial charge in [-0.05, 0) is 30.0 Å². The summed E-state index contributed by atoms with van der Waals surface area (Å²) in [5, 5.41) is 10.5. The summed E-state index contributed by atoms with van der Waals surface area (Å²) in [6, 6.07) is 6.10. The molecule has 1 rings (SSSR count). The molecule has 4 heteroatoms. The van der Waals surface area contributed by atoms with Crippen molar-refractivity contribution < 1.29 is 4.92 Å². The van der Waals surface area contributed by atoms with Crippen LogP contribution in [0.4, 0.5) is 5.69 Å². The van der Waals surface area contributed by atoms with E-state index in [9.17, 15) is 10.1 Å². The number of hydrogen-bond donors (Lipinski definition) is 0. The SMILES string of the molecule is C[Si](C)(C)/C=C/C#CC#Cc1ccc([N+](=O)[O-])cc1. The summed E-state index contributed by atoms with van der Waals surface area (Å²) in [5.74, 6) is 11.2. The van der Waals surface area contributed by atoms with Crippen molar-refractivity contribution in [2.24, 2.45) is 0 Å². The maximum Gasteiger partial charge on any atom is 0.269 e. The van der Waals surface area contributed by atoms with E-state index in [1.807, 2.05) is 6.08 Å². The molecule has 0 fully saturated rings. The first kappa shape index (κ1) is 14.8. The number of hydrogen-bond acceptors (Lipinski definition) is 2. The van der Waals surface area contributed by atoms with Gasteiger partial charge in [0, 0.05) is 17.7 Å². The average molecular weight is 269 g/mol. The Hall–Kier alpha value is -2.30. The number of nitro groups is 1. The van der Waals surface area contributed by atoms with E-state index in [1.165, 1.54) is 12.1 Å². The van der Waals surface area contributed by atoms with Gasteiger partial charge in [-0.3, -0.25) is 10.1 Å². The third-order valence-electron chi connectivity index (χ3n) is 2.09. The van der Waals surface area contributed by atoms with Crippen molar-refractivity contribution in [3.05, 3.63) is 51.7 Å². The highest BCUT2D eigenvalue weighted by molar-refractivity contribution is 6.81. The Morgan fingerprint density at radius 3 is 2.32 bits per heavy atom. The maximum atomic E-state index is 10.5. The molecule has 0 radical (unpaired) electrons. The van der Waals surface area contributed by atoms with Gasteiger partial charge in [0.15, 0.2) is 0 Å². The van der Waals surface area contributed by atoms with Crippen molar-refractivity contribution >= 4 is 13.8 Å². The Balaban J connectivity index is 2.67. The number of nitrogens with zero attached hydrogens (tertiary/aromatic N) is 1. The van der Waals surface area contributed by atoms with Gasteiger partial charge < -0.3 is 0 Å². The average Bonchev–Trinajstić information content (AvgIpc) is 2.33. The summed E-state index contributed by atoms with van der Waals surface area (Å²) in [6.45, 7) is 6.69. The number of allylic oxidation sites excluding steroid dienone is 1. The normalized spacial score (nSPS) is 10.3. The lowest BCUT2D eigenvalue weighted by Gasteiger charge is -2.05. The van der Waals surface area contributed by atoms with Crippen LogP contribution in [-0.4, -0.2) is 13.0 Å². The van der Waals surface area contributed by atoms with E-state index in [2.05, 4.69) is 49.0 Å². The number of rotatable bonds is 2. The molecule has 0 bridgehead atoms. The molecule has 3 nitrogen and oxygen atoms in total. The van der Waals surface area contributed by atoms with Crippen LogP contribution in [0.1, 0.15) is 5.56 Å².